The van der Waals surface area contributed by atoms with E-state index in [9.17, 15) is 4.57 Å². The van der Waals surface area contributed by atoms with Crippen LogP contribution in [0.4, 0.5) is 0 Å². The Balaban J connectivity index is 3.11. The Morgan fingerprint density at radius 3 is 1.29 bits per heavy atom. The molecule has 0 aromatic rings. The Hall–Kier alpha value is 0.0300. The molecule has 0 aromatic carbocycles. The van der Waals surface area contributed by atoms with Gasteiger partial charge in [0.25, 0.3) is 5.97 Å². The molecule has 0 unspecified atom stereocenters. The van der Waals surface area contributed by atoms with E-state index in [4.69, 9.17) is 25.1 Å². The van der Waals surface area contributed by atoms with Gasteiger partial charge >= 0.3 is 7.60 Å². The summed E-state index contributed by atoms with van der Waals surface area (Å²) in [5, 5.41) is 26.1. The van der Waals surface area contributed by atoms with Gasteiger partial charge in [-0.05, 0) is 12.8 Å². The summed E-state index contributed by atoms with van der Waals surface area (Å²) in [6.45, 7) is 0. The van der Waals surface area contributed by atoms with Crippen LogP contribution in [0.1, 0.15) is 77.0 Å². The van der Waals surface area contributed by atoms with Gasteiger partial charge in [-0.1, -0.05) is 57.8 Å². The van der Waals surface area contributed by atoms with E-state index < -0.39 is 13.6 Å². The van der Waals surface area contributed by atoms with Gasteiger partial charge in [-0.2, -0.15) is 0 Å². The topological polar surface area (TPSA) is 118 Å². The molecular weight excluding hydrogens is 295 g/mol. The van der Waals surface area contributed by atoms with Crippen molar-refractivity contribution in [2.75, 3.05) is 6.16 Å². The monoisotopic (exact) mass is 326 g/mol. The van der Waals surface area contributed by atoms with Crippen LogP contribution in [-0.4, -0.2) is 37.2 Å². The lowest BCUT2D eigenvalue weighted by molar-refractivity contribution is -0.315. The van der Waals surface area contributed by atoms with Crippen LogP contribution in [0, 0.1) is 0 Å². The number of hydrogen-bond donors (Lipinski definition) is 5. The fraction of sp³-hybridized carbons (Fsp3) is 1.00. The van der Waals surface area contributed by atoms with Crippen molar-refractivity contribution in [2.45, 2.75) is 83.0 Å². The third-order valence-electron chi connectivity index (χ3n) is 3.46. The predicted octanol–water partition coefficient (Wildman–Crippen LogP) is 2.48. The van der Waals surface area contributed by atoms with Crippen LogP contribution in [0.25, 0.3) is 0 Å². The van der Waals surface area contributed by atoms with Crippen molar-refractivity contribution >= 4 is 7.60 Å². The highest BCUT2D eigenvalue weighted by Crippen LogP contribution is 2.35. The van der Waals surface area contributed by atoms with Crippen molar-refractivity contribution < 1.29 is 29.7 Å². The summed E-state index contributed by atoms with van der Waals surface area (Å²) < 4.78 is 10.6. The van der Waals surface area contributed by atoms with Crippen LogP contribution in [-0.2, 0) is 4.57 Å². The number of hydrogen-bond acceptors (Lipinski definition) is 4. The second-order valence-electron chi connectivity index (χ2n) is 5.80. The maximum absolute atomic E-state index is 10.6. The van der Waals surface area contributed by atoms with Crippen LogP contribution in [0.15, 0.2) is 0 Å². The van der Waals surface area contributed by atoms with Gasteiger partial charge in [0, 0.05) is 12.6 Å². The Bertz CT molecular complexity index is 284. The molecule has 0 saturated heterocycles. The van der Waals surface area contributed by atoms with Gasteiger partial charge in [-0.25, -0.2) is 0 Å². The highest BCUT2D eigenvalue weighted by atomic mass is 31.2. The first-order valence-electron chi connectivity index (χ1n) is 7.92. The summed E-state index contributed by atoms with van der Waals surface area (Å²) >= 11 is 0. The van der Waals surface area contributed by atoms with Gasteiger partial charge in [0.1, 0.15) is 0 Å². The molecule has 0 fully saturated rings. The fourth-order valence-corrected chi connectivity index (χ4v) is 2.91. The van der Waals surface area contributed by atoms with Crippen LogP contribution < -0.4 is 0 Å². The van der Waals surface area contributed by atoms with E-state index in [-0.39, 0.29) is 12.6 Å². The minimum Gasteiger partial charge on any atom is -0.344 e. The molecule has 0 rings (SSSR count). The summed E-state index contributed by atoms with van der Waals surface area (Å²) in [5.41, 5.74) is 0. The zero-order valence-corrected chi connectivity index (χ0v) is 13.7. The summed E-state index contributed by atoms with van der Waals surface area (Å²) in [6.07, 6.45) is 10.8. The van der Waals surface area contributed by atoms with Crippen molar-refractivity contribution in [3.63, 3.8) is 0 Å². The lowest BCUT2D eigenvalue weighted by Gasteiger charge is -2.12. The largest absolute Gasteiger partial charge is 0.344 e. The van der Waals surface area contributed by atoms with Gasteiger partial charge in [-0.3, -0.25) is 4.57 Å². The number of unbranched alkanes of at least 4 members (excludes halogenated alkanes) is 10. The third-order valence-corrected chi connectivity index (χ3v) is 4.36. The maximum Gasteiger partial charge on any atom is 0.325 e. The number of rotatable bonds is 14. The van der Waals surface area contributed by atoms with Crippen molar-refractivity contribution in [1.29, 1.82) is 0 Å². The molecule has 0 heterocycles. The Labute approximate surface area is 127 Å². The molecule has 0 amide bonds. The minimum atomic E-state index is -3.80. The first-order chi connectivity index (χ1) is 9.71. The molecule has 5 N–H and O–H groups in total. The SMILES string of the molecule is O=P(O)(O)CCCCCCCCCCCCCC(O)(O)O. The predicted molar refractivity (Wildman–Crippen MR) is 81.7 cm³/mol. The molecule has 6 nitrogen and oxygen atoms in total. The molecule has 0 atom stereocenters. The quantitative estimate of drug-likeness (QED) is 0.190. The molecule has 0 aliphatic rings. The lowest BCUT2D eigenvalue weighted by Crippen LogP contribution is -2.26. The lowest BCUT2D eigenvalue weighted by atomic mass is 10.1. The van der Waals surface area contributed by atoms with E-state index >= 15 is 0 Å². The molecule has 0 aromatic heterocycles. The Morgan fingerprint density at radius 1 is 0.619 bits per heavy atom. The highest BCUT2D eigenvalue weighted by molar-refractivity contribution is 7.51. The standard InChI is InChI=1S/C14H31O6P/c15-14(16,17)12-10-8-6-4-2-1-3-5-7-9-11-13-21(18,19)20/h15-17H,1-13H2,(H2,18,19,20). The van der Waals surface area contributed by atoms with Crippen LogP contribution in [0.5, 0.6) is 0 Å². The first-order valence-corrected chi connectivity index (χ1v) is 9.72. The summed E-state index contributed by atoms with van der Waals surface area (Å²) in [5.74, 6) is -2.51. The molecule has 0 aliphatic heterocycles. The number of aliphatic hydroxyl groups is 3. The molecule has 0 radical (unpaired) electrons. The molecule has 0 aliphatic carbocycles. The minimum absolute atomic E-state index is 0.00160. The fourth-order valence-electron chi connectivity index (χ4n) is 2.27. The first kappa shape index (κ1) is 21.0. The van der Waals surface area contributed by atoms with Gasteiger partial charge in [-0.15, -0.1) is 0 Å². The normalized spacial score (nSPS) is 12.8. The Morgan fingerprint density at radius 2 is 0.952 bits per heavy atom. The highest BCUT2D eigenvalue weighted by Gasteiger charge is 2.16. The van der Waals surface area contributed by atoms with Crippen LogP contribution in [0.2, 0.25) is 0 Å². The van der Waals surface area contributed by atoms with Gasteiger partial charge in [0.15, 0.2) is 0 Å². The maximum atomic E-state index is 10.6. The average molecular weight is 326 g/mol. The summed E-state index contributed by atoms with van der Waals surface area (Å²) in [6, 6.07) is 0. The van der Waals surface area contributed by atoms with Crippen molar-refractivity contribution in [3.8, 4) is 0 Å². The van der Waals surface area contributed by atoms with E-state index in [0.29, 0.717) is 12.8 Å². The van der Waals surface area contributed by atoms with Crippen molar-refractivity contribution in [1.82, 2.24) is 0 Å². The zero-order valence-electron chi connectivity index (χ0n) is 12.8. The average Bonchev–Trinajstić information content (AvgIpc) is 2.32. The molecular formula is C14H31O6P. The van der Waals surface area contributed by atoms with Crippen molar-refractivity contribution in [3.05, 3.63) is 0 Å². The molecule has 21 heavy (non-hydrogen) atoms. The molecule has 0 saturated carbocycles. The zero-order chi connectivity index (χ0) is 16.2. The Kier molecular flexibility index (Phi) is 11.6. The molecule has 7 heteroatoms. The van der Waals surface area contributed by atoms with Crippen LogP contribution >= 0.6 is 7.60 Å². The van der Waals surface area contributed by atoms with Gasteiger partial charge in [0.05, 0.1) is 0 Å². The summed E-state index contributed by atoms with van der Waals surface area (Å²) in [7, 11) is -3.80. The third kappa shape index (κ3) is 20.0. The second-order valence-corrected chi connectivity index (χ2v) is 7.58. The van der Waals surface area contributed by atoms with Crippen molar-refractivity contribution in [2.24, 2.45) is 0 Å². The molecule has 0 bridgehead atoms. The molecule has 128 valence electrons. The molecule has 0 spiro atoms. The van der Waals surface area contributed by atoms with E-state index in [2.05, 4.69) is 0 Å². The van der Waals surface area contributed by atoms with E-state index in [0.717, 1.165) is 51.4 Å². The van der Waals surface area contributed by atoms with Gasteiger partial charge < -0.3 is 25.1 Å². The summed E-state index contributed by atoms with van der Waals surface area (Å²) in [4.78, 5) is 17.4. The van der Waals surface area contributed by atoms with E-state index in [1.165, 1.54) is 6.42 Å². The van der Waals surface area contributed by atoms with Gasteiger partial charge in [0.2, 0.25) is 0 Å². The van der Waals surface area contributed by atoms with Crippen LogP contribution in [0.3, 0.4) is 0 Å². The van der Waals surface area contributed by atoms with E-state index in [1.807, 2.05) is 0 Å². The smallest absolute Gasteiger partial charge is 0.325 e. The van der Waals surface area contributed by atoms with E-state index in [1.54, 1.807) is 0 Å². The second kappa shape index (κ2) is 11.6.